The van der Waals surface area contributed by atoms with Crippen LogP contribution in [-0.4, -0.2) is 150 Å². The van der Waals surface area contributed by atoms with E-state index < -0.39 is 114 Å². The average molecular weight is 731 g/mol. The first kappa shape index (κ1) is 39.9. The quantitative estimate of drug-likeness (QED) is 0.108. The second-order valence-electron chi connectivity index (χ2n) is 17.5. The van der Waals surface area contributed by atoms with Crippen LogP contribution in [0.4, 0.5) is 0 Å². The first-order valence-electron chi connectivity index (χ1n) is 18.9. The van der Waals surface area contributed by atoms with Crippen molar-refractivity contribution >= 4 is 0 Å². The summed E-state index contributed by atoms with van der Waals surface area (Å²) in [5.41, 5.74) is -2.91. The predicted octanol–water partition coefficient (Wildman–Crippen LogP) is -0.831. The van der Waals surface area contributed by atoms with E-state index in [1.165, 1.54) is 0 Å². The first-order chi connectivity index (χ1) is 23.9. The van der Waals surface area contributed by atoms with Gasteiger partial charge in [-0.1, -0.05) is 46.8 Å². The fraction of sp³-hybridized carbons (Fsp3) is 0.946. The molecule has 21 atom stereocenters. The van der Waals surface area contributed by atoms with E-state index in [0.29, 0.717) is 38.5 Å². The summed E-state index contributed by atoms with van der Waals surface area (Å²) in [7, 11) is 0. The van der Waals surface area contributed by atoms with E-state index in [9.17, 15) is 51.1 Å². The maximum atomic E-state index is 12.8. The van der Waals surface area contributed by atoms with Crippen LogP contribution in [0, 0.1) is 46.3 Å². The van der Waals surface area contributed by atoms with Crippen molar-refractivity contribution in [1.29, 1.82) is 0 Å². The molecule has 2 aliphatic heterocycles. The maximum absolute atomic E-state index is 12.8. The highest BCUT2D eigenvalue weighted by molar-refractivity contribution is 5.23. The number of rotatable bonds is 8. The molecule has 21 unspecified atom stereocenters. The smallest absolute Gasteiger partial charge is 0.186 e. The van der Waals surface area contributed by atoms with Gasteiger partial charge in [-0.05, 0) is 78.9 Å². The fourth-order valence-corrected chi connectivity index (χ4v) is 11.4. The molecule has 14 nitrogen and oxygen atoms in total. The molecule has 0 amide bonds. The van der Waals surface area contributed by atoms with Gasteiger partial charge in [0.05, 0.1) is 37.6 Å². The Balaban J connectivity index is 1.17. The van der Waals surface area contributed by atoms with Crippen LogP contribution in [0.1, 0.15) is 73.1 Å². The summed E-state index contributed by atoms with van der Waals surface area (Å²) in [6.45, 7) is 9.75. The molecule has 0 aromatic heterocycles. The lowest BCUT2D eigenvalue weighted by molar-refractivity contribution is -0.321. The van der Waals surface area contributed by atoms with Crippen LogP contribution in [0.2, 0.25) is 0 Å². The molecule has 10 N–H and O–H groups in total. The van der Waals surface area contributed by atoms with Gasteiger partial charge in [0.1, 0.15) is 48.3 Å². The van der Waals surface area contributed by atoms with E-state index in [1.54, 1.807) is 0 Å². The standard InChI is InChI=1S/C37H62O14/c1-16(2)24(51-34-30(45)28(43)23(40)15-49-34)7-6-17(3)19-13-21(38)31-36(19,5)11-9-25-35(4)10-8-18(12-20(35)26(41)32(46)37(25,31)47)50-33-29(44)27(42)22(39)14-48-33/h6-7,16-34,38-47H,8-15H2,1-5H3. The van der Waals surface area contributed by atoms with Crippen LogP contribution in [-0.2, 0) is 18.9 Å². The van der Waals surface area contributed by atoms with E-state index in [2.05, 4.69) is 20.8 Å². The summed E-state index contributed by atoms with van der Waals surface area (Å²) in [6.07, 6.45) is -8.00. The van der Waals surface area contributed by atoms with Gasteiger partial charge in [-0.25, -0.2) is 0 Å². The van der Waals surface area contributed by atoms with Crippen molar-refractivity contribution in [1.82, 2.24) is 0 Å². The summed E-state index contributed by atoms with van der Waals surface area (Å²) in [5.74, 6) is -1.73. The Hall–Kier alpha value is -0.820. The van der Waals surface area contributed by atoms with Crippen molar-refractivity contribution in [3.63, 3.8) is 0 Å². The molecule has 2 heterocycles. The van der Waals surface area contributed by atoms with Gasteiger partial charge in [-0.2, -0.15) is 0 Å². The third-order valence-electron chi connectivity index (χ3n) is 14.3. The Morgan fingerprint density at radius 2 is 1.27 bits per heavy atom. The molecule has 294 valence electrons. The highest BCUT2D eigenvalue weighted by Crippen LogP contribution is 2.69. The first-order valence-corrected chi connectivity index (χ1v) is 18.9. The maximum Gasteiger partial charge on any atom is 0.186 e. The van der Waals surface area contributed by atoms with Crippen molar-refractivity contribution in [3.8, 4) is 0 Å². The van der Waals surface area contributed by atoms with E-state index in [1.807, 2.05) is 26.0 Å². The topological polar surface area (TPSA) is 239 Å². The van der Waals surface area contributed by atoms with Crippen LogP contribution in [0.15, 0.2) is 12.2 Å². The molecular weight excluding hydrogens is 668 g/mol. The number of aliphatic hydroxyl groups excluding tert-OH is 9. The van der Waals surface area contributed by atoms with Crippen LogP contribution in [0.3, 0.4) is 0 Å². The third kappa shape index (κ3) is 6.66. The predicted molar refractivity (Wildman–Crippen MR) is 179 cm³/mol. The summed E-state index contributed by atoms with van der Waals surface area (Å²) in [5, 5.41) is 109. The van der Waals surface area contributed by atoms with E-state index >= 15 is 0 Å². The number of allylic oxidation sites excluding steroid dienone is 1. The second kappa shape index (κ2) is 14.7. The summed E-state index contributed by atoms with van der Waals surface area (Å²) < 4.78 is 23.1. The molecule has 6 aliphatic rings. The highest BCUT2D eigenvalue weighted by Gasteiger charge is 2.74. The molecule has 6 rings (SSSR count). The third-order valence-corrected chi connectivity index (χ3v) is 14.3. The lowest BCUT2D eigenvalue weighted by Gasteiger charge is -2.67. The van der Waals surface area contributed by atoms with E-state index in [0.717, 1.165) is 0 Å². The monoisotopic (exact) mass is 730 g/mol. The molecule has 2 saturated heterocycles. The number of aliphatic hydroxyl groups is 10. The van der Waals surface area contributed by atoms with Crippen molar-refractivity contribution in [2.24, 2.45) is 46.3 Å². The largest absolute Gasteiger partial charge is 0.393 e. The van der Waals surface area contributed by atoms with Crippen molar-refractivity contribution in [3.05, 3.63) is 12.2 Å². The van der Waals surface area contributed by atoms with Gasteiger partial charge in [0.25, 0.3) is 0 Å². The SMILES string of the molecule is CC(C)C(C=CC(C)C1CC(O)C2C1(C)CCC1C3(C)CCC(OC4OCC(O)C(O)C4O)CC3C(O)C(O)C12O)OC1OCC(O)C(O)C1O. The number of fused-ring (bicyclic) bond motifs is 5. The van der Waals surface area contributed by atoms with Gasteiger partial charge in [0.15, 0.2) is 12.6 Å². The molecule has 0 radical (unpaired) electrons. The van der Waals surface area contributed by atoms with Crippen LogP contribution < -0.4 is 0 Å². The zero-order chi connectivity index (χ0) is 37.4. The van der Waals surface area contributed by atoms with Crippen LogP contribution in [0.5, 0.6) is 0 Å². The molecule has 0 spiro atoms. The Morgan fingerprint density at radius 1 is 0.686 bits per heavy atom. The van der Waals surface area contributed by atoms with E-state index in [-0.39, 0.29) is 31.0 Å². The summed E-state index contributed by atoms with van der Waals surface area (Å²) in [6, 6.07) is 0. The van der Waals surface area contributed by atoms with Crippen molar-refractivity contribution in [2.45, 2.75) is 158 Å². The zero-order valence-corrected chi connectivity index (χ0v) is 30.4. The average Bonchev–Trinajstić information content (AvgIpc) is 3.37. The Labute approximate surface area is 300 Å². The number of ether oxygens (including phenoxy) is 4. The zero-order valence-electron chi connectivity index (χ0n) is 30.4. The van der Waals surface area contributed by atoms with Gasteiger partial charge in [0.2, 0.25) is 0 Å². The molecule has 0 aromatic rings. The lowest BCUT2D eigenvalue weighted by atomic mass is 9.41. The molecular formula is C37H62O14. The number of hydrogen-bond acceptors (Lipinski definition) is 14. The minimum Gasteiger partial charge on any atom is -0.393 e. The molecule has 6 fully saturated rings. The molecule has 4 aliphatic carbocycles. The Bertz CT molecular complexity index is 1240. The summed E-state index contributed by atoms with van der Waals surface area (Å²) in [4.78, 5) is 0. The molecule has 14 heteroatoms. The second-order valence-corrected chi connectivity index (χ2v) is 17.5. The van der Waals surface area contributed by atoms with Crippen molar-refractivity contribution in [2.75, 3.05) is 13.2 Å². The lowest BCUT2D eigenvalue weighted by Crippen LogP contribution is -2.75. The minimum atomic E-state index is -1.75. The van der Waals surface area contributed by atoms with Gasteiger partial charge in [-0.3, -0.25) is 0 Å². The number of hydrogen-bond donors (Lipinski definition) is 10. The molecule has 0 aromatic carbocycles. The molecule has 51 heavy (non-hydrogen) atoms. The molecule has 0 bridgehead atoms. The fourth-order valence-electron chi connectivity index (χ4n) is 11.4. The van der Waals surface area contributed by atoms with Gasteiger partial charge >= 0.3 is 0 Å². The summed E-state index contributed by atoms with van der Waals surface area (Å²) >= 11 is 0. The normalized spacial score (nSPS) is 54.5. The minimum absolute atomic E-state index is 0.0188. The van der Waals surface area contributed by atoms with E-state index in [4.69, 9.17) is 18.9 Å². The highest BCUT2D eigenvalue weighted by atomic mass is 16.7. The van der Waals surface area contributed by atoms with Gasteiger partial charge in [0, 0.05) is 5.92 Å². The van der Waals surface area contributed by atoms with Crippen LogP contribution in [0.25, 0.3) is 0 Å². The Morgan fingerprint density at radius 3 is 1.90 bits per heavy atom. The molecule has 4 saturated carbocycles. The Kier molecular flexibility index (Phi) is 11.5. The van der Waals surface area contributed by atoms with Gasteiger partial charge < -0.3 is 70.0 Å². The van der Waals surface area contributed by atoms with Crippen LogP contribution >= 0.6 is 0 Å². The van der Waals surface area contributed by atoms with Crippen molar-refractivity contribution < 1.29 is 70.0 Å². The van der Waals surface area contributed by atoms with Gasteiger partial charge in [-0.15, -0.1) is 0 Å².